The number of piperazine rings is 1. The van der Waals surface area contributed by atoms with Crippen LogP contribution in [0.25, 0.3) is 0 Å². The molecule has 182 valence electrons. The number of thioether (sulfide) groups is 1. The molecule has 1 saturated heterocycles. The van der Waals surface area contributed by atoms with Gasteiger partial charge in [0.05, 0.1) is 5.25 Å². The van der Waals surface area contributed by atoms with Crippen LogP contribution in [0.1, 0.15) is 45.4 Å². The van der Waals surface area contributed by atoms with Gasteiger partial charge in [0.1, 0.15) is 11.9 Å². The van der Waals surface area contributed by atoms with Crippen LogP contribution in [0.2, 0.25) is 0 Å². The van der Waals surface area contributed by atoms with Gasteiger partial charge in [-0.25, -0.2) is 0 Å². The molecule has 5 aliphatic rings. The molecule has 1 fully saturated rings. The number of hydrogen-bond donors (Lipinski definition) is 0. The van der Waals surface area contributed by atoms with Crippen LogP contribution in [0, 0.1) is 5.92 Å². The third kappa shape index (κ3) is 5.67. The molecule has 2 heterocycles. The number of ether oxygens (including phenoxy) is 1. The molecule has 3 aliphatic carbocycles. The van der Waals surface area contributed by atoms with Crippen molar-refractivity contribution in [2.24, 2.45) is 5.92 Å². The fourth-order valence-electron chi connectivity index (χ4n) is 5.54. The van der Waals surface area contributed by atoms with Gasteiger partial charge < -0.3 is 14.5 Å². The van der Waals surface area contributed by atoms with Crippen LogP contribution in [0.15, 0.2) is 58.3 Å². The first-order valence-electron chi connectivity index (χ1n) is 12.8. The molecular weight excluding hydrogens is 444 g/mol. The van der Waals surface area contributed by atoms with E-state index in [1.807, 2.05) is 6.08 Å². The predicted molar refractivity (Wildman–Crippen MR) is 137 cm³/mol. The minimum absolute atomic E-state index is 0.146. The highest BCUT2D eigenvalue weighted by molar-refractivity contribution is 8.04. The Morgan fingerprint density at radius 1 is 1.06 bits per heavy atom. The second kappa shape index (κ2) is 10.8. The molecule has 2 aliphatic heterocycles. The highest BCUT2D eigenvalue weighted by Gasteiger charge is 2.36. The molecule has 5 rings (SSSR count). The third-order valence-corrected chi connectivity index (χ3v) is 8.99. The van der Waals surface area contributed by atoms with Crippen molar-refractivity contribution in [2.75, 3.05) is 39.3 Å². The smallest absolute Gasteiger partial charge is 0.159 e. The monoisotopic (exact) mass is 480 g/mol. The first-order valence-corrected chi connectivity index (χ1v) is 13.7. The number of nitrogens with zero attached hydrogens (tertiary/aromatic N) is 2. The number of rotatable bonds is 7. The number of hydrogen-bond acceptors (Lipinski definition) is 6. The van der Waals surface area contributed by atoms with Crippen LogP contribution >= 0.6 is 11.8 Å². The maximum absolute atomic E-state index is 13.0. The molecule has 34 heavy (non-hydrogen) atoms. The number of Topliss-reactive ketones (excluding diaryl/α,β-unsaturated/α-hetero) is 2. The van der Waals surface area contributed by atoms with Crippen molar-refractivity contribution in [2.45, 2.75) is 56.8 Å². The molecule has 0 bridgehead atoms. The van der Waals surface area contributed by atoms with Gasteiger partial charge in [-0.2, -0.15) is 0 Å². The Hall–Kier alpha value is -1.89. The van der Waals surface area contributed by atoms with E-state index in [4.69, 9.17) is 4.74 Å². The number of ketones is 2. The van der Waals surface area contributed by atoms with Crippen molar-refractivity contribution in [3.8, 4) is 0 Å². The average molecular weight is 481 g/mol. The van der Waals surface area contributed by atoms with Crippen LogP contribution in [-0.2, 0) is 14.3 Å². The number of fused-ring (bicyclic) bond motifs is 1. The molecule has 0 aromatic heterocycles. The molecule has 0 spiro atoms. The number of carbonyl (C=O) groups excluding carboxylic acids is 2. The first kappa shape index (κ1) is 23.8. The lowest BCUT2D eigenvalue weighted by Crippen LogP contribution is -2.48. The van der Waals surface area contributed by atoms with Crippen molar-refractivity contribution in [1.29, 1.82) is 0 Å². The Morgan fingerprint density at radius 3 is 2.65 bits per heavy atom. The van der Waals surface area contributed by atoms with Crippen LogP contribution in [0.4, 0.5) is 0 Å². The lowest BCUT2D eigenvalue weighted by molar-refractivity contribution is -0.116. The van der Waals surface area contributed by atoms with Crippen molar-refractivity contribution >= 4 is 23.3 Å². The van der Waals surface area contributed by atoms with Crippen LogP contribution in [-0.4, -0.2) is 72.0 Å². The van der Waals surface area contributed by atoms with E-state index in [-0.39, 0.29) is 17.1 Å². The Labute approximate surface area is 207 Å². The van der Waals surface area contributed by atoms with Crippen LogP contribution < -0.4 is 0 Å². The van der Waals surface area contributed by atoms with Gasteiger partial charge in [-0.05, 0) is 55.7 Å². The molecule has 0 saturated carbocycles. The molecule has 0 aromatic carbocycles. The average Bonchev–Trinajstić information content (AvgIpc) is 2.86. The van der Waals surface area contributed by atoms with E-state index in [1.54, 1.807) is 18.7 Å². The van der Waals surface area contributed by atoms with Gasteiger partial charge in [0.2, 0.25) is 0 Å². The summed E-state index contributed by atoms with van der Waals surface area (Å²) in [5.41, 5.74) is 1.86. The number of carbonyl (C=O) groups is 2. The Bertz CT molecular complexity index is 968. The normalized spacial score (nSPS) is 29.6. The summed E-state index contributed by atoms with van der Waals surface area (Å²) in [6, 6.07) is 0. The van der Waals surface area contributed by atoms with E-state index in [2.05, 4.69) is 40.2 Å². The largest absolute Gasteiger partial charge is 0.492 e. The molecule has 0 aromatic rings. The van der Waals surface area contributed by atoms with E-state index in [0.717, 1.165) is 93.2 Å². The van der Waals surface area contributed by atoms with Gasteiger partial charge in [0, 0.05) is 57.0 Å². The van der Waals surface area contributed by atoms with Crippen LogP contribution in [0.5, 0.6) is 0 Å². The zero-order chi connectivity index (χ0) is 23.5. The standard InChI is InChI=1S/C28H36N2O3S/c1-20(31)22-7-9-25-27(17-22)34-28-18-23(8-10-26(28)33-25)24(32)11-12-29-13-15-30(16-14-29)19-21-5-3-2-4-6-21/h2-5,17-18,21,26,28H,6-16,19H2,1H3. The molecule has 0 N–H and O–H groups in total. The summed E-state index contributed by atoms with van der Waals surface area (Å²) in [6.07, 6.45) is 18.3. The molecule has 3 unspecified atom stereocenters. The summed E-state index contributed by atoms with van der Waals surface area (Å²) >= 11 is 1.77. The van der Waals surface area contributed by atoms with E-state index >= 15 is 0 Å². The second-order valence-electron chi connectivity index (χ2n) is 10.1. The summed E-state index contributed by atoms with van der Waals surface area (Å²) in [7, 11) is 0. The molecule has 6 heteroatoms. The topological polar surface area (TPSA) is 49.9 Å². The summed E-state index contributed by atoms with van der Waals surface area (Å²) in [6.45, 7) is 7.92. The summed E-state index contributed by atoms with van der Waals surface area (Å²) in [4.78, 5) is 30.9. The van der Waals surface area contributed by atoms with Crippen molar-refractivity contribution < 1.29 is 14.3 Å². The fraction of sp³-hybridized carbons (Fsp3) is 0.571. The fourth-order valence-corrected chi connectivity index (χ4v) is 6.90. The molecule has 0 radical (unpaired) electrons. The van der Waals surface area contributed by atoms with Gasteiger partial charge in [-0.1, -0.05) is 30.4 Å². The van der Waals surface area contributed by atoms with Gasteiger partial charge in [-0.3, -0.25) is 9.59 Å². The Morgan fingerprint density at radius 2 is 1.88 bits per heavy atom. The minimum Gasteiger partial charge on any atom is -0.492 e. The van der Waals surface area contributed by atoms with E-state index in [0.29, 0.717) is 18.1 Å². The predicted octanol–water partition coefficient (Wildman–Crippen LogP) is 4.44. The third-order valence-electron chi connectivity index (χ3n) is 7.68. The van der Waals surface area contributed by atoms with Gasteiger partial charge in [0.15, 0.2) is 11.6 Å². The van der Waals surface area contributed by atoms with Crippen molar-refractivity contribution in [3.63, 3.8) is 0 Å². The van der Waals surface area contributed by atoms with Crippen molar-refractivity contribution in [1.82, 2.24) is 9.80 Å². The lowest BCUT2D eigenvalue weighted by atomic mass is 9.92. The Balaban J connectivity index is 1.10. The maximum atomic E-state index is 13.0. The first-order chi connectivity index (χ1) is 16.5. The van der Waals surface area contributed by atoms with Gasteiger partial charge in [0.25, 0.3) is 0 Å². The van der Waals surface area contributed by atoms with Crippen molar-refractivity contribution in [3.05, 3.63) is 58.3 Å². The van der Waals surface area contributed by atoms with E-state index in [9.17, 15) is 9.59 Å². The highest BCUT2D eigenvalue weighted by Crippen LogP contribution is 2.45. The molecule has 5 nitrogen and oxygen atoms in total. The van der Waals surface area contributed by atoms with E-state index < -0.39 is 0 Å². The second-order valence-corrected chi connectivity index (χ2v) is 11.3. The molecular formula is C28H36N2O3S. The Kier molecular flexibility index (Phi) is 7.57. The number of allylic oxidation sites excluding steroid dienone is 7. The quantitative estimate of drug-likeness (QED) is 0.537. The zero-order valence-corrected chi connectivity index (χ0v) is 21.0. The minimum atomic E-state index is 0.146. The highest BCUT2D eigenvalue weighted by atomic mass is 32.2. The summed E-state index contributed by atoms with van der Waals surface area (Å²) < 4.78 is 6.30. The van der Waals surface area contributed by atoms with Gasteiger partial charge >= 0.3 is 0 Å². The van der Waals surface area contributed by atoms with Crippen LogP contribution in [0.3, 0.4) is 0 Å². The molecule has 0 amide bonds. The lowest BCUT2D eigenvalue weighted by Gasteiger charge is -2.37. The zero-order valence-electron chi connectivity index (χ0n) is 20.2. The summed E-state index contributed by atoms with van der Waals surface area (Å²) in [5, 5.41) is 0.168. The molecule has 3 atom stereocenters. The SMILES string of the molecule is CC(=O)C1=CC2=C(CC1)OC1CCC(C(=O)CCN3CCN(CC4C=CC=CC4)CC3)=CC1S2. The van der Waals surface area contributed by atoms with E-state index in [1.165, 1.54) is 0 Å². The van der Waals surface area contributed by atoms with Gasteiger partial charge in [-0.15, -0.1) is 11.8 Å². The maximum Gasteiger partial charge on any atom is 0.159 e. The summed E-state index contributed by atoms with van der Waals surface area (Å²) in [5.74, 6) is 2.12.